The van der Waals surface area contributed by atoms with E-state index < -0.39 is 12.7 Å². The lowest BCUT2D eigenvalue weighted by molar-refractivity contribution is -0.120. The Morgan fingerprint density at radius 3 is 2.50 bits per heavy atom. The Bertz CT molecular complexity index is 472. The maximum absolute atomic E-state index is 12.7. The predicted molar refractivity (Wildman–Crippen MR) is 75.3 cm³/mol. The summed E-state index contributed by atoms with van der Waals surface area (Å²) in [5, 5.41) is 3.45. The fourth-order valence-corrected chi connectivity index (χ4v) is 2.48. The van der Waals surface area contributed by atoms with Gasteiger partial charge in [-0.15, -0.1) is 0 Å². The van der Waals surface area contributed by atoms with E-state index in [2.05, 4.69) is 5.32 Å². The number of halogens is 4. The normalized spacial score (nSPS) is 17.1. The third kappa shape index (κ3) is 3.79. The first-order valence-electron chi connectivity index (χ1n) is 6.62. The molecule has 20 heavy (non-hydrogen) atoms. The van der Waals surface area contributed by atoms with E-state index in [-0.39, 0.29) is 12.1 Å². The third-order valence-electron chi connectivity index (χ3n) is 3.55. The van der Waals surface area contributed by atoms with Gasteiger partial charge >= 0.3 is 6.18 Å². The fourth-order valence-electron chi connectivity index (χ4n) is 2.18. The van der Waals surface area contributed by atoms with E-state index in [0.29, 0.717) is 10.7 Å². The monoisotopic (exact) mass is 306 g/mol. The summed E-state index contributed by atoms with van der Waals surface area (Å²) in [6.07, 6.45) is -2.63. The highest BCUT2D eigenvalue weighted by Crippen LogP contribution is 2.38. The summed E-state index contributed by atoms with van der Waals surface area (Å²) in [6, 6.07) is 5.33. The molecule has 0 amide bonds. The molecule has 2 nitrogen and oxygen atoms in total. The number of alkyl halides is 3. The van der Waals surface area contributed by atoms with Gasteiger partial charge < -0.3 is 10.2 Å². The lowest BCUT2D eigenvalue weighted by Crippen LogP contribution is -2.36. The number of rotatable bonds is 5. The molecule has 1 aromatic carbocycles. The van der Waals surface area contributed by atoms with Crippen molar-refractivity contribution in [1.29, 1.82) is 0 Å². The molecule has 0 bridgehead atoms. The summed E-state index contributed by atoms with van der Waals surface area (Å²) in [5.41, 5.74) is 1.43. The van der Waals surface area contributed by atoms with Crippen molar-refractivity contribution in [3.8, 4) is 0 Å². The molecule has 1 N–H and O–H groups in total. The second kappa shape index (κ2) is 5.82. The van der Waals surface area contributed by atoms with Crippen LogP contribution in [0.3, 0.4) is 0 Å². The number of anilines is 1. The van der Waals surface area contributed by atoms with E-state index in [9.17, 15) is 13.2 Å². The fraction of sp³-hybridized carbons (Fsp3) is 0.571. The average Bonchev–Trinajstić information content (AvgIpc) is 3.18. The van der Waals surface area contributed by atoms with Gasteiger partial charge in [0.2, 0.25) is 0 Å². The minimum absolute atomic E-state index is 0.0401. The lowest BCUT2D eigenvalue weighted by atomic mass is 10.1. The van der Waals surface area contributed by atoms with Crippen LogP contribution in [0.1, 0.15) is 31.4 Å². The van der Waals surface area contributed by atoms with Crippen LogP contribution in [0.5, 0.6) is 0 Å². The van der Waals surface area contributed by atoms with Gasteiger partial charge in [-0.05, 0) is 44.5 Å². The van der Waals surface area contributed by atoms with Crippen LogP contribution in [0.4, 0.5) is 18.9 Å². The minimum Gasteiger partial charge on any atom is -0.358 e. The molecule has 0 aromatic heterocycles. The average molecular weight is 307 g/mol. The third-order valence-corrected chi connectivity index (χ3v) is 3.85. The van der Waals surface area contributed by atoms with E-state index in [1.807, 2.05) is 20.0 Å². The second-order valence-corrected chi connectivity index (χ2v) is 5.60. The smallest absolute Gasteiger partial charge is 0.358 e. The zero-order chi connectivity index (χ0) is 14.9. The van der Waals surface area contributed by atoms with Crippen LogP contribution >= 0.6 is 11.6 Å². The zero-order valence-corrected chi connectivity index (χ0v) is 12.2. The van der Waals surface area contributed by atoms with Crippen LogP contribution in [0.15, 0.2) is 18.2 Å². The molecule has 0 saturated heterocycles. The summed E-state index contributed by atoms with van der Waals surface area (Å²) in [6.45, 7) is 1.03. The molecule has 0 spiro atoms. The van der Waals surface area contributed by atoms with Gasteiger partial charge in [-0.25, -0.2) is 0 Å². The second-order valence-electron chi connectivity index (χ2n) is 5.20. The quantitative estimate of drug-likeness (QED) is 0.879. The number of nitrogens with zero attached hydrogens (tertiary/aromatic N) is 1. The first-order chi connectivity index (χ1) is 9.31. The number of benzene rings is 1. The van der Waals surface area contributed by atoms with E-state index in [1.165, 1.54) is 4.90 Å². The van der Waals surface area contributed by atoms with Crippen molar-refractivity contribution in [1.82, 2.24) is 5.32 Å². The topological polar surface area (TPSA) is 15.3 Å². The van der Waals surface area contributed by atoms with Gasteiger partial charge in [-0.3, -0.25) is 0 Å². The summed E-state index contributed by atoms with van der Waals surface area (Å²) in [5.74, 6) is 0. The molecule has 0 radical (unpaired) electrons. The summed E-state index contributed by atoms with van der Waals surface area (Å²) in [7, 11) is 1.83. The highest BCUT2D eigenvalue weighted by Gasteiger charge is 2.38. The maximum Gasteiger partial charge on any atom is 0.405 e. The van der Waals surface area contributed by atoms with E-state index in [4.69, 9.17) is 11.6 Å². The Morgan fingerprint density at radius 2 is 2.05 bits per heavy atom. The molecular formula is C14H18ClF3N2. The first-order valence-corrected chi connectivity index (χ1v) is 6.99. The van der Waals surface area contributed by atoms with Crippen molar-refractivity contribution < 1.29 is 13.2 Å². The molecule has 1 fully saturated rings. The van der Waals surface area contributed by atoms with Crippen LogP contribution in [-0.2, 0) is 0 Å². The number of hydrogen-bond acceptors (Lipinski definition) is 2. The molecule has 0 heterocycles. The highest BCUT2D eigenvalue weighted by atomic mass is 35.5. The molecule has 6 heteroatoms. The molecule has 1 unspecified atom stereocenters. The Balaban J connectivity index is 2.25. The highest BCUT2D eigenvalue weighted by molar-refractivity contribution is 6.33. The largest absolute Gasteiger partial charge is 0.405 e. The zero-order valence-electron chi connectivity index (χ0n) is 11.5. The molecule has 2 rings (SSSR count). The van der Waals surface area contributed by atoms with Gasteiger partial charge in [-0.1, -0.05) is 17.7 Å². The van der Waals surface area contributed by atoms with Crippen molar-refractivity contribution >= 4 is 17.3 Å². The van der Waals surface area contributed by atoms with E-state index >= 15 is 0 Å². The SMILES string of the molecule is CNC(C)c1ccc(N(CC(F)(F)F)C2CC2)c(Cl)c1. The summed E-state index contributed by atoms with van der Waals surface area (Å²) < 4.78 is 38.0. The Kier molecular flexibility index (Phi) is 4.49. The van der Waals surface area contributed by atoms with Gasteiger partial charge in [0.05, 0.1) is 10.7 Å². The van der Waals surface area contributed by atoms with Gasteiger partial charge in [0.1, 0.15) is 6.54 Å². The summed E-state index contributed by atoms with van der Waals surface area (Å²) in [4.78, 5) is 1.37. The minimum atomic E-state index is -4.22. The number of hydrogen-bond donors (Lipinski definition) is 1. The van der Waals surface area contributed by atoms with Crippen LogP contribution < -0.4 is 10.2 Å². The van der Waals surface area contributed by atoms with Gasteiger partial charge in [0, 0.05) is 12.1 Å². The molecule has 0 aliphatic heterocycles. The molecule has 1 aliphatic carbocycles. The van der Waals surface area contributed by atoms with Crippen LogP contribution in [-0.4, -0.2) is 25.8 Å². The Hall–Kier alpha value is -0.940. The van der Waals surface area contributed by atoms with Gasteiger partial charge in [-0.2, -0.15) is 13.2 Å². The molecular weight excluding hydrogens is 289 g/mol. The molecule has 1 atom stereocenters. The van der Waals surface area contributed by atoms with Crippen molar-refractivity contribution in [3.63, 3.8) is 0 Å². The van der Waals surface area contributed by atoms with Crippen LogP contribution in [0, 0.1) is 0 Å². The predicted octanol–water partition coefficient (Wildman–Crippen LogP) is 4.15. The molecule has 1 saturated carbocycles. The molecule has 1 aromatic rings. The van der Waals surface area contributed by atoms with Crippen LogP contribution in [0.25, 0.3) is 0 Å². The maximum atomic E-state index is 12.7. The van der Waals surface area contributed by atoms with Crippen molar-refractivity contribution in [2.45, 2.75) is 38.0 Å². The molecule has 1 aliphatic rings. The van der Waals surface area contributed by atoms with Crippen molar-refractivity contribution in [3.05, 3.63) is 28.8 Å². The Morgan fingerprint density at radius 1 is 1.40 bits per heavy atom. The van der Waals surface area contributed by atoms with Crippen molar-refractivity contribution in [2.24, 2.45) is 0 Å². The molecule has 112 valence electrons. The Labute approximate surface area is 121 Å². The van der Waals surface area contributed by atoms with Crippen LogP contribution in [0.2, 0.25) is 5.02 Å². The van der Waals surface area contributed by atoms with Gasteiger partial charge in [0.15, 0.2) is 0 Å². The van der Waals surface area contributed by atoms with E-state index in [0.717, 1.165) is 18.4 Å². The van der Waals surface area contributed by atoms with Crippen molar-refractivity contribution in [2.75, 3.05) is 18.5 Å². The standard InChI is InChI=1S/C14H18ClF3N2/c1-9(19-2)10-3-6-13(12(15)7-10)20(11-4-5-11)8-14(16,17)18/h3,6-7,9,11,19H,4-5,8H2,1-2H3. The first kappa shape index (κ1) is 15.4. The lowest BCUT2D eigenvalue weighted by Gasteiger charge is -2.27. The van der Waals surface area contributed by atoms with E-state index in [1.54, 1.807) is 12.1 Å². The summed E-state index contributed by atoms with van der Waals surface area (Å²) >= 11 is 6.19. The van der Waals surface area contributed by atoms with Gasteiger partial charge in [0.25, 0.3) is 0 Å². The number of nitrogens with one attached hydrogen (secondary N) is 1.